The molecule has 1 N–H and O–H groups in total. The number of methoxy groups -OCH3 is 1. The Bertz CT molecular complexity index is 931. The van der Waals surface area contributed by atoms with Crippen LogP contribution in [0.2, 0.25) is 0 Å². The average molecular weight is 392 g/mol. The molecule has 27 heavy (non-hydrogen) atoms. The minimum absolute atomic E-state index is 0.0491. The van der Waals surface area contributed by atoms with Gasteiger partial charge in [0.2, 0.25) is 10.0 Å². The van der Waals surface area contributed by atoms with Crippen LogP contribution in [0.15, 0.2) is 35.4 Å². The first-order valence-electron chi connectivity index (χ1n) is 8.80. The van der Waals surface area contributed by atoms with E-state index in [4.69, 9.17) is 4.74 Å². The number of aromatic nitrogens is 2. The number of carbonyl (C=O) groups is 1. The third kappa shape index (κ3) is 3.84. The van der Waals surface area contributed by atoms with E-state index in [1.807, 2.05) is 4.68 Å². The Morgan fingerprint density at radius 1 is 1.26 bits per heavy atom. The summed E-state index contributed by atoms with van der Waals surface area (Å²) in [7, 11) is 0.509. The van der Waals surface area contributed by atoms with Gasteiger partial charge >= 0.3 is 0 Å². The Labute approximate surface area is 159 Å². The van der Waals surface area contributed by atoms with Gasteiger partial charge in [0.15, 0.2) is 0 Å². The summed E-state index contributed by atoms with van der Waals surface area (Å²) in [4.78, 5) is 12.7. The Hall–Kier alpha value is -2.39. The van der Waals surface area contributed by atoms with Crippen molar-refractivity contribution in [2.45, 2.75) is 36.6 Å². The van der Waals surface area contributed by atoms with Crippen molar-refractivity contribution in [1.82, 2.24) is 14.1 Å². The van der Waals surface area contributed by atoms with Crippen LogP contribution in [0.4, 0.5) is 5.82 Å². The molecule has 0 radical (unpaired) electrons. The van der Waals surface area contributed by atoms with E-state index >= 15 is 0 Å². The summed E-state index contributed by atoms with van der Waals surface area (Å²) in [6.07, 6.45) is 6.05. The number of benzene rings is 1. The molecule has 1 heterocycles. The number of nitrogens with zero attached hydrogens (tertiary/aromatic N) is 3. The van der Waals surface area contributed by atoms with Gasteiger partial charge in [-0.3, -0.25) is 4.79 Å². The van der Waals surface area contributed by atoms with E-state index in [9.17, 15) is 13.2 Å². The molecule has 1 amide bonds. The van der Waals surface area contributed by atoms with Crippen molar-refractivity contribution in [1.29, 1.82) is 0 Å². The Morgan fingerprint density at radius 3 is 2.59 bits per heavy atom. The van der Waals surface area contributed by atoms with Crippen molar-refractivity contribution in [2.24, 2.45) is 0 Å². The number of ether oxygens (including phenoxy) is 1. The van der Waals surface area contributed by atoms with E-state index in [1.54, 1.807) is 18.3 Å². The fourth-order valence-corrected chi connectivity index (χ4v) is 4.33. The van der Waals surface area contributed by atoms with Crippen LogP contribution < -0.4 is 10.1 Å². The zero-order chi connectivity index (χ0) is 19.6. The summed E-state index contributed by atoms with van der Waals surface area (Å²) in [5.74, 6) is 0.406. The molecule has 8 nitrogen and oxygen atoms in total. The van der Waals surface area contributed by atoms with Crippen molar-refractivity contribution in [2.75, 3.05) is 26.5 Å². The first kappa shape index (κ1) is 19.4. The second-order valence-electron chi connectivity index (χ2n) is 6.71. The Morgan fingerprint density at radius 2 is 1.96 bits per heavy atom. The van der Waals surface area contributed by atoms with Crippen LogP contribution >= 0.6 is 0 Å². The molecule has 1 aromatic heterocycles. The molecule has 1 fully saturated rings. The lowest BCUT2D eigenvalue weighted by molar-refractivity contribution is 0.102. The molecule has 9 heteroatoms. The summed E-state index contributed by atoms with van der Waals surface area (Å²) < 4.78 is 33.1. The fourth-order valence-electron chi connectivity index (χ4n) is 3.26. The third-order valence-electron chi connectivity index (χ3n) is 4.77. The van der Waals surface area contributed by atoms with E-state index in [2.05, 4.69) is 10.4 Å². The van der Waals surface area contributed by atoms with Crippen molar-refractivity contribution in [3.05, 3.63) is 36.0 Å². The van der Waals surface area contributed by atoms with Gasteiger partial charge in [0.25, 0.3) is 5.91 Å². The lowest BCUT2D eigenvalue weighted by Crippen LogP contribution is -2.23. The number of rotatable bonds is 6. The molecule has 0 unspecified atom stereocenters. The van der Waals surface area contributed by atoms with Gasteiger partial charge in [0, 0.05) is 25.7 Å². The van der Waals surface area contributed by atoms with Gasteiger partial charge in [-0.1, -0.05) is 12.8 Å². The molecular weight excluding hydrogens is 368 g/mol. The van der Waals surface area contributed by atoms with Crippen molar-refractivity contribution in [3.63, 3.8) is 0 Å². The Kier molecular flexibility index (Phi) is 5.52. The second-order valence-corrected chi connectivity index (χ2v) is 8.83. The van der Waals surface area contributed by atoms with Gasteiger partial charge in [-0.2, -0.15) is 5.10 Å². The highest BCUT2D eigenvalue weighted by atomic mass is 32.2. The molecule has 0 atom stereocenters. The summed E-state index contributed by atoms with van der Waals surface area (Å²) in [5.41, 5.74) is 0.232. The van der Waals surface area contributed by atoms with Crippen LogP contribution in [-0.2, 0) is 10.0 Å². The van der Waals surface area contributed by atoms with Crippen LogP contribution in [0.3, 0.4) is 0 Å². The lowest BCUT2D eigenvalue weighted by atomic mass is 10.2. The predicted octanol–water partition coefficient (Wildman–Crippen LogP) is 2.51. The topological polar surface area (TPSA) is 93.5 Å². The number of amides is 1. The van der Waals surface area contributed by atoms with Crippen LogP contribution in [0.5, 0.6) is 5.75 Å². The first-order chi connectivity index (χ1) is 12.8. The molecule has 0 aliphatic heterocycles. The summed E-state index contributed by atoms with van der Waals surface area (Å²) in [5, 5.41) is 7.17. The number of sulfonamides is 1. The van der Waals surface area contributed by atoms with Crippen molar-refractivity contribution < 1.29 is 17.9 Å². The number of carbonyl (C=O) groups excluding carboxylic acids is 1. The minimum Gasteiger partial charge on any atom is -0.495 e. The van der Waals surface area contributed by atoms with Crippen LogP contribution in [0.25, 0.3) is 0 Å². The number of nitrogens with one attached hydrogen (secondary N) is 1. The second kappa shape index (κ2) is 7.69. The normalized spacial score (nSPS) is 15.3. The molecule has 1 aliphatic carbocycles. The quantitative estimate of drug-likeness (QED) is 0.815. The minimum atomic E-state index is -3.75. The molecular formula is C18H24N4O4S. The highest BCUT2D eigenvalue weighted by Crippen LogP contribution is 2.31. The van der Waals surface area contributed by atoms with Gasteiger partial charge in [-0.05, 0) is 31.0 Å². The van der Waals surface area contributed by atoms with Gasteiger partial charge in [-0.25, -0.2) is 17.4 Å². The summed E-state index contributed by atoms with van der Waals surface area (Å²) in [6, 6.07) is 6.39. The Balaban J connectivity index is 1.89. The van der Waals surface area contributed by atoms with Gasteiger partial charge < -0.3 is 10.1 Å². The number of hydrogen-bond donors (Lipinski definition) is 1. The SMILES string of the molecule is COc1ccc(C(=O)Nc2ccnn2C2CCCC2)cc1S(=O)(=O)N(C)C. The zero-order valence-corrected chi connectivity index (χ0v) is 16.5. The molecule has 1 aromatic carbocycles. The van der Waals surface area contributed by atoms with E-state index < -0.39 is 15.9 Å². The standard InChI is InChI=1S/C18H24N4O4S/c1-21(2)27(24,25)16-12-13(8-9-15(16)26-3)18(23)20-17-10-11-19-22(17)14-6-4-5-7-14/h8-12,14H,4-7H2,1-3H3,(H,20,23). The smallest absolute Gasteiger partial charge is 0.256 e. The maximum atomic E-state index is 12.7. The monoisotopic (exact) mass is 392 g/mol. The largest absolute Gasteiger partial charge is 0.495 e. The molecule has 2 aromatic rings. The molecule has 0 saturated heterocycles. The van der Waals surface area contributed by atoms with Crippen LogP contribution in [-0.4, -0.2) is 49.6 Å². The molecule has 0 spiro atoms. The maximum absolute atomic E-state index is 12.7. The predicted molar refractivity (Wildman–Crippen MR) is 102 cm³/mol. The number of anilines is 1. The van der Waals surface area contributed by atoms with E-state index in [0.717, 1.165) is 30.0 Å². The average Bonchev–Trinajstić information content (AvgIpc) is 3.32. The first-order valence-corrected chi connectivity index (χ1v) is 10.2. The van der Waals surface area contributed by atoms with Crippen molar-refractivity contribution in [3.8, 4) is 5.75 Å². The highest BCUT2D eigenvalue weighted by Gasteiger charge is 2.25. The van der Waals surface area contributed by atoms with Crippen LogP contribution in [0, 0.1) is 0 Å². The highest BCUT2D eigenvalue weighted by molar-refractivity contribution is 7.89. The fraction of sp³-hybridized carbons (Fsp3) is 0.444. The van der Waals surface area contributed by atoms with Crippen LogP contribution in [0.1, 0.15) is 42.1 Å². The van der Waals surface area contributed by atoms with Gasteiger partial charge in [-0.15, -0.1) is 0 Å². The molecule has 1 aliphatic rings. The zero-order valence-electron chi connectivity index (χ0n) is 15.7. The number of hydrogen-bond acceptors (Lipinski definition) is 5. The van der Waals surface area contributed by atoms with E-state index in [0.29, 0.717) is 5.82 Å². The van der Waals surface area contributed by atoms with E-state index in [-0.39, 0.29) is 22.3 Å². The van der Waals surface area contributed by atoms with Gasteiger partial charge in [0.05, 0.1) is 19.3 Å². The summed E-state index contributed by atoms with van der Waals surface area (Å²) >= 11 is 0. The maximum Gasteiger partial charge on any atom is 0.256 e. The summed E-state index contributed by atoms with van der Waals surface area (Å²) in [6.45, 7) is 0. The molecule has 146 valence electrons. The van der Waals surface area contributed by atoms with Gasteiger partial charge in [0.1, 0.15) is 16.5 Å². The van der Waals surface area contributed by atoms with E-state index in [1.165, 1.54) is 33.3 Å². The van der Waals surface area contributed by atoms with Crippen molar-refractivity contribution >= 4 is 21.7 Å². The molecule has 1 saturated carbocycles. The molecule has 0 bridgehead atoms. The molecule has 3 rings (SSSR count). The lowest BCUT2D eigenvalue weighted by Gasteiger charge is -2.16. The third-order valence-corrected chi connectivity index (χ3v) is 6.60.